The summed E-state index contributed by atoms with van der Waals surface area (Å²) in [5, 5.41) is 10.3. The van der Waals surface area contributed by atoms with Gasteiger partial charge in [-0.05, 0) is 61.7 Å². The van der Waals surface area contributed by atoms with E-state index in [4.69, 9.17) is 9.47 Å². The zero-order chi connectivity index (χ0) is 14.1. The molecule has 3 nitrogen and oxygen atoms in total. The van der Waals surface area contributed by atoms with Crippen LogP contribution in [0.4, 0.5) is 0 Å². The molecule has 4 heteroatoms. The van der Waals surface area contributed by atoms with Crippen molar-refractivity contribution in [3.8, 4) is 0 Å². The first-order valence-corrected chi connectivity index (χ1v) is 8.56. The van der Waals surface area contributed by atoms with Crippen molar-refractivity contribution < 1.29 is 58.6 Å². The molecule has 0 spiro atoms. The molecule has 2 bridgehead atoms. The summed E-state index contributed by atoms with van der Waals surface area (Å²) in [7, 11) is 0. The zero-order valence-electron chi connectivity index (χ0n) is 13.5. The number of aliphatic hydroxyl groups is 1. The molecule has 0 aromatic carbocycles. The van der Waals surface area contributed by atoms with Gasteiger partial charge in [0.05, 0.1) is 19.3 Å². The average molecular weight is 509 g/mol. The number of hydrogen-bond donors (Lipinski definition) is 1. The summed E-state index contributed by atoms with van der Waals surface area (Å²) in [5.41, 5.74) is 0. The maximum atomic E-state index is 10.3. The van der Waals surface area contributed by atoms with Crippen LogP contribution >= 0.6 is 0 Å². The number of ether oxygens (including phenoxy) is 2. The molecule has 1 radical (unpaired) electrons. The van der Waals surface area contributed by atoms with Crippen LogP contribution in [0.25, 0.3) is 0 Å². The topological polar surface area (TPSA) is 38.7 Å². The molecule has 6 unspecified atom stereocenters. The van der Waals surface area contributed by atoms with Gasteiger partial charge in [-0.15, -0.1) is 0 Å². The Morgan fingerprint density at radius 1 is 1.10 bits per heavy atom. The predicted octanol–water partition coefficient (Wildman–Crippen LogP) is 3.21. The van der Waals surface area contributed by atoms with Crippen LogP contribution in [0.5, 0.6) is 0 Å². The van der Waals surface area contributed by atoms with Gasteiger partial charge < -0.3 is 14.6 Å². The van der Waals surface area contributed by atoms with Crippen molar-refractivity contribution in [3.05, 3.63) is 0 Å². The van der Waals surface area contributed by atoms with Crippen LogP contribution in [0.2, 0.25) is 0 Å². The number of fused-ring (bicyclic) bond motifs is 2. The van der Waals surface area contributed by atoms with Gasteiger partial charge in [-0.3, -0.25) is 0 Å². The first kappa shape index (κ1) is 18.7. The Balaban J connectivity index is 0.00000161. The number of rotatable bonds is 5. The van der Waals surface area contributed by atoms with Crippen LogP contribution in [0.1, 0.15) is 52.4 Å². The number of hydrogen-bond acceptors (Lipinski definition) is 3. The predicted molar refractivity (Wildman–Crippen MR) is 78.2 cm³/mol. The molecule has 2 aliphatic carbocycles. The van der Waals surface area contributed by atoms with Crippen molar-refractivity contribution in [2.75, 3.05) is 13.2 Å². The maximum Gasteiger partial charge on any atom is 0.157 e. The van der Waals surface area contributed by atoms with Crippen LogP contribution in [-0.2, 0) is 9.47 Å². The molecule has 2 saturated carbocycles. The van der Waals surface area contributed by atoms with E-state index in [0.29, 0.717) is 0 Å². The third-order valence-corrected chi connectivity index (χ3v) is 6.24. The molecule has 1 heterocycles. The minimum absolute atomic E-state index is 0. The van der Waals surface area contributed by atoms with Crippen LogP contribution in [0.15, 0.2) is 0 Å². The quantitative estimate of drug-likeness (QED) is 0.619. The fraction of sp³-hybridized carbons (Fsp3) is 1.00. The Kier molecular flexibility index (Phi) is 7.49. The largest absolute Gasteiger partial charge is 0.393 e. The monoisotopic (exact) mass is 509 g/mol. The minimum atomic E-state index is -0.170. The summed E-state index contributed by atoms with van der Waals surface area (Å²) >= 11 is 0. The third-order valence-electron chi connectivity index (χ3n) is 6.24. The Hall–Kier alpha value is 1.32. The normalized spacial score (nSPS) is 41.0. The summed E-state index contributed by atoms with van der Waals surface area (Å²) in [5.74, 6) is 4.31. The Labute approximate surface area is 165 Å². The van der Waals surface area contributed by atoms with E-state index < -0.39 is 0 Å². The molecule has 21 heavy (non-hydrogen) atoms. The molecule has 0 aromatic heterocycles. The molecule has 1 N–H and O–H groups in total. The van der Waals surface area contributed by atoms with E-state index in [0.717, 1.165) is 68.5 Å². The van der Waals surface area contributed by atoms with Crippen molar-refractivity contribution in [1.82, 2.24) is 0 Å². The SMILES string of the molecule is CC1C2CC(CC(O)CCC3OCCCO3)C(C2)C1C.[Ac]. The van der Waals surface area contributed by atoms with Crippen molar-refractivity contribution in [2.45, 2.75) is 64.8 Å². The summed E-state index contributed by atoms with van der Waals surface area (Å²) in [6.45, 7) is 6.45. The third kappa shape index (κ3) is 4.44. The van der Waals surface area contributed by atoms with Crippen molar-refractivity contribution in [2.24, 2.45) is 29.6 Å². The molecule has 119 valence electrons. The molecule has 0 aromatic rings. The molecule has 1 saturated heterocycles. The molecular weight excluding hydrogens is 479 g/mol. The zero-order valence-corrected chi connectivity index (χ0v) is 18.3. The van der Waals surface area contributed by atoms with Crippen molar-refractivity contribution in [3.63, 3.8) is 0 Å². The van der Waals surface area contributed by atoms with Gasteiger partial charge in [-0.1, -0.05) is 13.8 Å². The van der Waals surface area contributed by atoms with E-state index in [1.165, 1.54) is 12.8 Å². The Morgan fingerprint density at radius 3 is 2.43 bits per heavy atom. The first-order valence-electron chi connectivity index (χ1n) is 8.56. The van der Waals surface area contributed by atoms with Crippen molar-refractivity contribution >= 4 is 0 Å². The minimum Gasteiger partial charge on any atom is -0.393 e. The van der Waals surface area contributed by atoms with E-state index in [2.05, 4.69) is 13.8 Å². The van der Waals surface area contributed by atoms with Crippen LogP contribution in [0.3, 0.4) is 0 Å². The maximum absolute atomic E-state index is 10.3. The first-order chi connectivity index (χ1) is 9.65. The Morgan fingerprint density at radius 2 is 1.81 bits per heavy atom. The van der Waals surface area contributed by atoms with E-state index in [9.17, 15) is 5.11 Å². The second kappa shape index (κ2) is 8.43. The van der Waals surface area contributed by atoms with Crippen LogP contribution in [0, 0.1) is 73.7 Å². The van der Waals surface area contributed by atoms with Gasteiger partial charge in [0, 0.05) is 50.5 Å². The molecule has 6 atom stereocenters. The van der Waals surface area contributed by atoms with Gasteiger partial charge in [0.25, 0.3) is 0 Å². The van der Waals surface area contributed by atoms with Gasteiger partial charge >= 0.3 is 0 Å². The van der Waals surface area contributed by atoms with E-state index in [-0.39, 0.29) is 56.5 Å². The fourth-order valence-corrected chi connectivity index (χ4v) is 4.86. The van der Waals surface area contributed by atoms with Crippen LogP contribution < -0.4 is 0 Å². The van der Waals surface area contributed by atoms with Gasteiger partial charge in [-0.2, -0.15) is 0 Å². The fourth-order valence-electron chi connectivity index (χ4n) is 4.86. The molecule has 0 amide bonds. The average Bonchev–Trinajstić information content (AvgIpc) is 2.98. The number of aliphatic hydroxyl groups excluding tert-OH is 1. The standard InChI is InChI=1S/C17H30O3.Ac/c1-11-12(2)16-10-13(11)8-14(16)9-15(18)4-5-17-19-6-3-7-20-17;/h11-18H,3-10H2,1-2H3;. The van der Waals surface area contributed by atoms with Crippen molar-refractivity contribution in [1.29, 1.82) is 0 Å². The van der Waals surface area contributed by atoms with E-state index in [1.807, 2.05) is 0 Å². The second-order valence-corrected chi connectivity index (χ2v) is 7.37. The molecule has 3 fully saturated rings. The molecular formula is C17H30AcO3. The smallest absolute Gasteiger partial charge is 0.157 e. The van der Waals surface area contributed by atoms with Crippen LogP contribution in [-0.4, -0.2) is 30.7 Å². The van der Waals surface area contributed by atoms with E-state index in [1.54, 1.807) is 0 Å². The summed E-state index contributed by atoms with van der Waals surface area (Å²) in [6, 6.07) is 0. The summed E-state index contributed by atoms with van der Waals surface area (Å²) < 4.78 is 11.1. The molecule has 3 aliphatic rings. The Bertz CT molecular complexity index is 317. The summed E-state index contributed by atoms with van der Waals surface area (Å²) in [6.07, 6.45) is 6.17. The summed E-state index contributed by atoms with van der Waals surface area (Å²) in [4.78, 5) is 0. The van der Waals surface area contributed by atoms with Gasteiger partial charge in [0.15, 0.2) is 6.29 Å². The second-order valence-electron chi connectivity index (χ2n) is 7.37. The van der Waals surface area contributed by atoms with Gasteiger partial charge in [-0.25, -0.2) is 0 Å². The molecule has 3 rings (SSSR count). The van der Waals surface area contributed by atoms with Gasteiger partial charge in [0.2, 0.25) is 0 Å². The van der Waals surface area contributed by atoms with Gasteiger partial charge in [0.1, 0.15) is 0 Å². The van der Waals surface area contributed by atoms with E-state index >= 15 is 0 Å². The molecule has 1 aliphatic heterocycles.